The molecule has 1 nitrogen and oxygen atoms in total. The normalized spacial score (nSPS) is 18.9. The van der Waals surface area contributed by atoms with E-state index in [1.54, 1.807) is 17.4 Å². The maximum atomic E-state index is 14.1. The topological polar surface area (TPSA) is 3.24 Å². The number of nitrogens with zero attached hydrogens (tertiary/aromatic N) is 1. The molecule has 1 aliphatic heterocycles. The average Bonchev–Trinajstić information content (AvgIpc) is 2.95. The summed E-state index contributed by atoms with van der Waals surface area (Å²) in [6.07, 6.45) is 0. The first-order chi connectivity index (χ1) is 10.2. The number of likely N-dealkylation sites (N-methyl/N-ethyl adjacent to an activating group) is 1. The summed E-state index contributed by atoms with van der Waals surface area (Å²) in [5, 5.41) is 3.40. The van der Waals surface area contributed by atoms with Gasteiger partial charge in [-0.3, -0.25) is 0 Å². The Labute approximate surface area is 127 Å². The molecule has 0 aliphatic carbocycles. The van der Waals surface area contributed by atoms with E-state index >= 15 is 0 Å². The Balaban J connectivity index is 1.86. The van der Waals surface area contributed by atoms with E-state index in [9.17, 15) is 4.39 Å². The average molecular weight is 297 g/mol. The Bertz CT molecular complexity index is 808. The lowest BCUT2D eigenvalue weighted by atomic mass is 9.84. The first-order valence-electron chi connectivity index (χ1n) is 7.15. The van der Waals surface area contributed by atoms with E-state index in [0.717, 1.165) is 17.7 Å². The molecule has 1 aliphatic rings. The van der Waals surface area contributed by atoms with E-state index in [1.165, 1.54) is 15.6 Å². The third kappa shape index (κ3) is 2.17. The Kier molecular flexibility index (Phi) is 3.05. The second-order valence-electron chi connectivity index (χ2n) is 5.77. The second kappa shape index (κ2) is 4.93. The van der Waals surface area contributed by atoms with Gasteiger partial charge in [0.05, 0.1) is 0 Å². The SMILES string of the molecule is CN1Cc2c(F)cccc2C(c2ccc3ccsc3c2)C1. The highest BCUT2D eigenvalue weighted by atomic mass is 32.1. The van der Waals surface area contributed by atoms with E-state index < -0.39 is 0 Å². The Morgan fingerprint density at radius 1 is 1.19 bits per heavy atom. The number of halogens is 1. The summed E-state index contributed by atoms with van der Waals surface area (Å²) in [7, 11) is 2.06. The van der Waals surface area contributed by atoms with Crippen molar-refractivity contribution < 1.29 is 4.39 Å². The summed E-state index contributed by atoms with van der Waals surface area (Å²) in [6, 6.07) is 14.2. The highest BCUT2D eigenvalue weighted by molar-refractivity contribution is 7.17. The zero-order valence-electron chi connectivity index (χ0n) is 11.8. The molecule has 21 heavy (non-hydrogen) atoms. The number of hydrogen-bond acceptors (Lipinski definition) is 2. The zero-order valence-corrected chi connectivity index (χ0v) is 12.7. The molecule has 106 valence electrons. The molecule has 0 N–H and O–H groups in total. The highest BCUT2D eigenvalue weighted by Gasteiger charge is 2.26. The molecule has 1 aromatic heterocycles. The molecule has 3 aromatic rings. The Hall–Kier alpha value is -1.71. The Morgan fingerprint density at radius 3 is 3.00 bits per heavy atom. The number of thiophene rings is 1. The highest BCUT2D eigenvalue weighted by Crippen LogP contribution is 2.36. The molecule has 0 fully saturated rings. The molecule has 0 bridgehead atoms. The second-order valence-corrected chi connectivity index (χ2v) is 6.72. The lowest BCUT2D eigenvalue weighted by Crippen LogP contribution is -2.31. The van der Waals surface area contributed by atoms with Crippen LogP contribution in [0.15, 0.2) is 47.8 Å². The summed E-state index contributed by atoms with van der Waals surface area (Å²) in [4.78, 5) is 2.20. The fraction of sp³-hybridized carbons (Fsp3) is 0.222. The third-order valence-corrected chi connectivity index (χ3v) is 5.22. The summed E-state index contributed by atoms with van der Waals surface area (Å²) in [6.45, 7) is 1.63. The molecule has 0 radical (unpaired) electrons. The zero-order chi connectivity index (χ0) is 14.4. The van der Waals surface area contributed by atoms with Crippen molar-refractivity contribution in [2.75, 3.05) is 13.6 Å². The third-order valence-electron chi connectivity index (χ3n) is 4.34. The molecule has 2 heterocycles. The number of hydrogen-bond donors (Lipinski definition) is 0. The van der Waals surface area contributed by atoms with Crippen molar-refractivity contribution in [1.29, 1.82) is 0 Å². The smallest absolute Gasteiger partial charge is 0.127 e. The van der Waals surface area contributed by atoms with Gasteiger partial charge in [0.2, 0.25) is 0 Å². The quantitative estimate of drug-likeness (QED) is 0.633. The van der Waals surface area contributed by atoms with Gasteiger partial charge in [0.15, 0.2) is 0 Å². The molecular formula is C18H16FNS. The lowest BCUT2D eigenvalue weighted by molar-refractivity contribution is 0.288. The maximum absolute atomic E-state index is 14.1. The van der Waals surface area contributed by atoms with Crippen molar-refractivity contribution >= 4 is 21.4 Å². The molecule has 0 saturated carbocycles. The van der Waals surface area contributed by atoms with Crippen LogP contribution >= 0.6 is 11.3 Å². The van der Waals surface area contributed by atoms with Crippen LogP contribution in [0.25, 0.3) is 10.1 Å². The van der Waals surface area contributed by atoms with Gasteiger partial charge in [-0.05, 0) is 47.1 Å². The van der Waals surface area contributed by atoms with Crippen molar-refractivity contribution in [3.8, 4) is 0 Å². The largest absolute Gasteiger partial charge is 0.301 e. The van der Waals surface area contributed by atoms with Gasteiger partial charge in [-0.25, -0.2) is 4.39 Å². The molecule has 0 amide bonds. The van der Waals surface area contributed by atoms with Crippen LogP contribution in [0.2, 0.25) is 0 Å². The fourth-order valence-corrected chi connectivity index (χ4v) is 4.12. The molecule has 0 spiro atoms. The van der Waals surface area contributed by atoms with Crippen LogP contribution in [-0.2, 0) is 6.54 Å². The minimum atomic E-state index is -0.0822. The van der Waals surface area contributed by atoms with E-state index in [4.69, 9.17) is 0 Å². The van der Waals surface area contributed by atoms with Crippen molar-refractivity contribution in [2.45, 2.75) is 12.5 Å². The van der Waals surface area contributed by atoms with Crippen LogP contribution in [0.5, 0.6) is 0 Å². The number of benzene rings is 2. The van der Waals surface area contributed by atoms with Crippen LogP contribution in [0.3, 0.4) is 0 Å². The number of fused-ring (bicyclic) bond motifs is 2. The minimum Gasteiger partial charge on any atom is -0.301 e. The van der Waals surface area contributed by atoms with Crippen molar-refractivity contribution in [3.63, 3.8) is 0 Å². The maximum Gasteiger partial charge on any atom is 0.127 e. The van der Waals surface area contributed by atoms with Crippen molar-refractivity contribution in [1.82, 2.24) is 4.90 Å². The lowest BCUT2D eigenvalue weighted by Gasteiger charge is -2.32. The predicted octanol–water partition coefficient (Wildman–Crippen LogP) is 4.62. The molecular weight excluding hydrogens is 281 g/mol. The predicted molar refractivity (Wildman–Crippen MR) is 86.4 cm³/mol. The molecule has 1 unspecified atom stereocenters. The number of rotatable bonds is 1. The van der Waals surface area contributed by atoms with Crippen LogP contribution in [0, 0.1) is 5.82 Å². The van der Waals surface area contributed by atoms with Crippen LogP contribution in [0.1, 0.15) is 22.6 Å². The van der Waals surface area contributed by atoms with E-state index in [1.807, 2.05) is 6.07 Å². The van der Waals surface area contributed by atoms with E-state index in [-0.39, 0.29) is 11.7 Å². The molecule has 0 saturated heterocycles. The standard InChI is InChI=1S/C18H16FNS/c1-20-10-15(14-3-2-4-17(19)16(14)11-20)13-6-5-12-7-8-21-18(12)9-13/h2-9,15H,10-11H2,1H3. The van der Waals surface area contributed by atoms with Gasteiger partial charge >= 0.3 is 0 Å². The molecule has 3 heteroatoms. The first-order valence-corrected chi connectivity index (χ1v) is 8.03. The Morgan fingerprint density at radius 2 is 2.10 bits per heavy atom. The van der Waals surface area contributed by atoms with Gasteiger partial charge < -0.3 is 4.90 Å². The summed E-state index contributed by atoms with van der Waals surface area (Å²) < 4.78 is 15.4. The van der Waals surface area contributed by atoms with Crippen molar-refractivity contribution in [2.24, 2.45) is 0 Å². The van der Waals surface area contributed by atoms with Crippen molar-refractivity contribution in [3.05, 3.63) is 70.4 Å². The monoisotopic (exact) mass is 297 g/mol. The fourth-order valence-electron chi connectivity index (χ4n) is 3.29. The molecule has 4 rings (SSSR count). The van der Waals surface area contributed by atoms with Gasteiger partial charge in [0, 0.05) is 29.3 Å². The van der Waals surface area contributed by atoms with Gasteiger partial charge in [0.1, 0.15) is 5.82 Å². The van der Waals surface area contributed by atoms with Crippen LogP contribution < -0.4 is 0 Å². The van der Waals surface area contributed by atoms with Gasteiger partial charge in [0.25, 0.3) is 0 Å². The molecule has 1 atom stereocenters. The van der Waals surface area contributed by atoms with E-state index in [2.05, 4.69) is 47.7 Å². The van der Waals surface area contributed by atoms with E-state index in [0.29, 0.717) is 6.54 Å². The van der Waals surface area contributed by atoms with Crippen LogP contribution in [0.4, 0.5) is 4.39 Å². The summed E-state index contributed by atoms with van der Waals surface area (Å²) >= 11 is 1.76. The molecule has 2 aromatic carbocycles. The minimum absolute atomic E-state index is 0.0822. The summed E-state index contributed by atoms with van der Waals surface area (Å²) in [5.41, 5.74) is 3.27. The van der Waals surface area contributed by atoms with Gasteiger partial charge in [-0.15, -0.1) is 11.3 Å². The van der Waals surface area contributed by atoms with Gasteiger partial charge in [-0.1, -0.05) is 24.3 Å². The first kappa shape index (κ1) is 13.0. The summed E-state index contributed by atoms with van der Waals surface area (Å²) in [5.74, 6) is 0.169. The van der Waals surface area contributed by atoms with Crippen LogP contribution in [-0.4, -0.2) is 18.5 Å². The van der Waals surface area contributed by atoms with Gasteiger partial charge in [-0.2, -0.15) is 0 Å².